The molecule has 10 heteroatoms. The van der Waals surface area contributed by atoms with E-state index in [0.29, 0.717) is 6.42 Å². The Labute approximate surface area is 128 Å². The summed E-state index contributed by atoms with van der Waals surface area (Å²) in [6, 6.07) is 0. The number of nitrogens with one attached hydrogen (secondary N) is 1. The number of carbonyl (C=O) groups excluding carboxylic acids is 1. The molecule has 0 rings (SSSR count). The Kier molecular flexibility index (Phi) is 9.61. The van der Waals surface area contributed by atoms with E-state index in [1.165, 1.54) is 4.72 Å². The van der Waals surface area contributed by atoms with Crippen molar-refractivity contribution < 1.29 is 36.2 Å². The van der Waals surface area contributed by atoms with Crippen LogP contribution in [0.4, 0.5) is 13.2 Å². The number of alkyl halides is 3. The van der Waals surface area contributed by atoms with Gasteiger partial charge >= 0.3 is 21.5 Å². The fourth-order valence-electron chi connectivity index (χ4n) is 1.48. The monoisotopic (exact) mass is 349 g/mol. The fourth-order valence-corrected chi connectivity index (χ4v) is 2.06. The summed E-state index contributed by atoms with van der Waals surface area (Å²) in [6.07, 6.45) is 3.28. The first kappa shape index (κ1) is 21.1. The number of carbonyl (C=O) groups is 1. The van der Waals surface area contributed by atoms with Gasteiger partial charge in [-0.05, 0) is 6.42 Å². The molecule has 0 aromatic heterocycles. The molecule has 0 bridgehead atoms. The van der Waals surface area contributed by atoms with Crippen molar-refractivity contribution in [3.63, 3.8) is 0 Å². The first-order chi connectivity index (χ1) is 10.1. The van der Waals surface area contributed by atoms with Gasteiger partial charge in [-0.25, -0.2) is 13.1 Å². The summed E-state index contributed by atoms with van der Waals surface area (Å²) >= 11 is 0. The molecule has 22 heavy (non-hydrogen) atoms. The first-order valence-electron chi connectivity index (χ1n) is 6.99. The van der Waals surface area contributed by atoms with Gasteiger partial charge in [0, 0.05) is 13.0 Å². The molecule has 6 nitrogen and oxygen atoms in total. The molecule has 0 amide bonds. The van der Waals surface area contributed by atoms with Gasteiger partial charge in [-0.1, -0.05) is 32.6 Å². The Balaban J connectivity index is 3.85. The summed E-state index contributed by atoms with van der Waals surface area (Å²) in [4.78, 5) is 11.3. The van der Waals surface area contributed by atoms with Gasteiger partial charge in [0.15, 0.2) is 0 Å². The van der Waals surface area contributed by atoms with Crippen LogP contribution in [-0.2, 0) is 19.6 Å². The van der Waals surface area contributed by atoms with Crippen molar-refractivity contribution in [2.75, 3.05) is 13.2 Å². The summed E-state index contributed by atoms with van der Waals surface area (Å²) in [5.41, 5.74) is -5.44. The lowest BCUT2D eigenvalue weighted by Gasteiger charge is -2.13. The summed E-state index contributed by atoms with van der Waals surface area (Å²) in [6.45, 7) is 0.614. The lowest BCUT2D eigenvalue weighted by Crippen LogP contribution is -2.41. The molecule has 0 saturated carbocycles. The van der Waals surface area contributed by atoms with Crippen LogP contribution in [0.1, 0.15) is 45.4 Å². The summed E-state index contributed by atoms with van der Waals surface area (Å²) in [5.74, 6) is -0.575. The third-order valence-electron chi connectivity index (χ3n) is 2.73. The van der Waals surface area contributed by atoms with Gasteiger partial charge in [-0.3, -0.25) is 4.79 Å². The summed E-state index contributed by atoms with van der Waals surface area (Å²) in [7, 11) is -5.50. The normalized spacial score (nSPS) is 13.9. The second-order valence-electron chi connectivity index (χ2n) is 4.80. The molecular formula is C12H22F3NO5S. The van der Waals surface area contributed by atoms with E-state index in [2.05, 4.69) is 11.7 Å². The van der Waals surface area contributed by atoms with Crippen molar-refractivity contribution in [1.82, 2.24) is 4.72 Å². The zero-order valence-electron chi connectivity index (χ0n) is 12.4. The van der Waals surface area contributed by atoms with E-state index in [-0.39, 0.29) is 6.42 Å². The van der Waals surface area contributed by atoms with E-state index < -0.39 is 40.8 Å². The molecule has 0 aromatic carbocycles. The number of hydrogen-bond donors (Lipinski definition) is 2. The Morgan fingerprint density at radius 2 is 1.82 bits per heavy atom. The molecule has 0 fully saturated rings. The molecule has 0 aliphatic carbocycles. The standard InChI is InChI=1S/C12H22F3NO5S/c1-2-3-4-5-6-7-11(18)21-9-10(17)8-16-22(19,20)12(13,14)15/h10,16-17H,2-9H2,1H3/t10-/m0/s1. The van der Waals surface area contributed by atoms with E-state index in [1.54, 1.807) is 0 Å². The maximum atomic E-state index is 12.0. The molecule has 0 aliphatic rings. The molecule has 132 valence electrons. The number of esters is 1. The lowest BCUT2D eigenvalue weighted by atomic mass is 10.1. The Morgan fingerprint density at radius 3 is 2.36 bits per heavy atom. The van der Waals surface area contributed by atoms with Crippen LogP contribution >= 0.6 is 0 Å². The third-order valence-corrected chi connectivity index (χ3v) is 3.89. The van der Waals surface area contributed by atoms with E-state index in [0.717, 1.165) is 25.7 Å². The Morgan fingerprint density at radius 1 is 1.23 bits per heavy atom. The number of sulfonamides is 1. The van der Waals surface area contributed by atoms with Crippen LogP contribution in [0.25, 0.3) is 0 Å². The van der Waals surface area contributed by atoms with Gasteiger partial charge in [-0.15, -0.1) is 0 Å². The van der Waals surface area contributed by atoms with Crippen LogP contribution < -0.4 is 4.72 Å². The van der Waals surface area contributed by atoms with Crippen molar-refractivity contribution in [3.05, 3.63) is 0 Å². The van der Waals surface area contributed by atoms with Gasteiger partial charge in [0.2, 0.25) is 0 Å². The lowest BCUT2D eigenvalue weighted by molar-refractivity contribution is -0.146. The second kappa shape index (κ2) is 10.0. The highest BCUT2D eigenvalue weighted by atomic mass is 32.2. The molecule has 0 radical (unpaired) electrons. The predicted molar refractivity (Wildman–Crippen MR) is 73.3 cm³/mol. The molecule has 0 saturated heterocycles. The molecular weight excluding hydrogens is 327 g/mol. The van der Waals surface area contributed by atoms with Crippen molar-refractivity contribution in [2.45, 2.75) is 57.1 Å². The van der Waals surface area contributed by atoms with Crippen LogP contribution in [0.5, 0.6) is 0 Å². The average Bonchev–Trinajstić information content (AvgIpc) is 2.41. The highest BCUT2D eigenvalue weighted by molar-refractivity contribution is 7.90. The Bertz CT molecular complexity index is 425. The molecule has 0 unspecified atom stereocenters. The SMILES string of the molecule is CCCCCCCC(=O)OC[C@@H](O)CNS(=O)(=O)C(F)(F)F. The van der Waals surface area contributed by atoms with Crippen molar-refractivity contribution in [2.24, 2.45) is 0 Å². The largest absolute Gasteiger partial charge is 0.511 e. The van der Waals surface area contributed by atoms with E-state index in [9.17, 15) is 31.5 Å². The number of aliphatic hydroxyl groups is 1. The van der Waals surface area contributed by atoms with Gasteiger partial charge in [0.25, 0.3) is 0 Å². The van der Waals surface area contributed by atoms with Crippen LogP contribution in [0.15, 0.2) is 0 Å². The molecule has 2 N–H and O–H groups in total. The summed E-state index contributed by atoms with van der Waals surface area (Å²) < 4.78 is 63.2. The minimum Gasteiger partial charge on any atom is -0.463 e. The molecule has 0 aromatic rings. The van der Waals surface area contributed by atoms with Crippen molar-refractivity contribution >= 4 is 16.0 Å². The first-order valence-corrected chi connectivity index (χ1v) is 8.48. The summed E-state index contributed by atoms with van der Waals surface area (Å²) in [5, 5.41) is 9.30. The number of hydrogen-bond acceptors (Lipinski definition) is 5. The minimum atomic E-state index is -5.50. The van der Waals surface area contributed by atoms with Gasteiger partial charge in [0.05, 0.1) is 0 Å². The number of unbranched alkanes of at least 4 members (excludes halogenated alkanes) is 4. The average molecular weight is 349 g/mol. The number of halogens is 3. The molecule has 1 atom stereocenters. The zero-order valence-corrected chi connectivity index (χ0v) is 13.2. The van der Waals surface area contributed by atoms with E-state index in [1.807, 2.05) is 0 Å². The topological polar surface area (TPSA) is 92.7 Å². The second-order valence-corrected chi connectivity index (χ2v) is 6.56. The quantitative estimate of drug-likeness (QED) is 0.437. The minimum absolute atomic E-state index is 0.157. The van der Waals surface area contributed by atoms with E-state index >= 15 is 0 Å². The Hall–Kier alpha value is -0.870. The van der Waals surface area contributed by atoms with Gasteiger partial charge < -0.3 is 9.84 Å². The highest BCUT2D eigenvalue weighted by Gasteiger charge is 2.45. The maximum absolute atomic E-state index is 12.0. The fraction of sp³-hybridized carbons (Fsp3) is 0.917. The zero-order chi connectivity index (χ0) is 17.2. The maximum Gasteiger partial charge on any atom is 0.511 e. The van der Waals surface area contributed by atoms with Crippen LogP contribution in [0.2, 0.25) is 0 Å². The highest BCUT2D eigenvalue weighted by Crippen LogP contribution is 2.21. The van der Waals surface area contributed by atoms with Crippen LogP contribution in [0.3, 0.4) is 0 Å². The van der Waals surface area contributed by atoms with Crippen molar-refractivity contribution in [1.29, 1.82) is 0 Å². The van der Waals surface area contributed by atoms with Gasteiger partial charge in [-0.2, -0.15) is 13.2 Å². The van der Waals surface area contributed by atoms with Gasteiger partial charge in [0.1, 0.15) is 12.7 Å². The number of ether oxygens (including phenoxy) is 1. The molecule has 0 heterocycles. The number of aliphatic hydroxyl groups excluding tert-OH is 1. The smallest absolute Gasteiger partial charge is 0.463 e. The number of rotatable bonds is 11. The predicted octanol–water partition coefficient (Wildman–Crippen LogP) is 1.69. The molecule has 0 spiro atoms. The van der Waals surface area contributed by atoms with Crippen LogP contribution in [0, 0.1) is 0 Å². The molecule has 0 aliphatic heterocycles. The van der Waals surface area contributed by atoms with Crippen molar-refractivity contribution in [3.8, 4) is 0 Å². The van der Waals surface area contributed by atoms with Crippen LogP contribution in [-0.4, -0.2) is 44.3 Å². The third kappa shape index (κ3) is 9.21. The van der Waals surface area contributed by atoms with E-state index in [4.69, 9.17) is 0 Å².